The summed E-state index contributed by atoms with van der Waals surface area (Å²) in [6.07, 6.45) is 8.06. The Hall–Kier alpha value is -1.35. The standard InChI is InChI=1S/C18H27NO2/c20-15-18(12-5-2-6-13-18)14-19-17(21)11-7-10-16-8-3-1-4-9-16/h1,3-4,8-9,20H,2,5-7,10-15H2,(H,19,21). The lowest BCUT2D eigenvalue weighted by atomic mass is 9.74. The second kappa shape index (κ2) is 8.18. The van der Waals surface area contributed by atoms with E-state index in [1.54, 1.807) is 0 Å². The number of rotatable bonds is 7. The number of carbonyl (C=O) groups is 1. The molecule has 0 spiro atoms. The number of aliphatic hydroxyl groups is 1. The van der Waals surface area contributed by atoms with Crippen LogP contribution in [0, 0.1) is 5.41 Å². The first kappa shape index (κ1) is 16.0. The van der Waals surface area contributed by atoms with Crippen LogP contribution in [0.4, 0.5) is 0 Å². The van der Waals surface area contributed by atoms with Gasteiger partial charge in [-0.3, -0.25) is 4.79 Å². The average molecular weight is 289 g/mol. The van der Waals surface area contributed by atoms with Crippen LogP contribution in [-0.4, -0.2) is 24.2 Å². The average Bonchev–Trinajstić information content (AvgIpc) is 2.55. The quantitative estimate of drug-likeness (QED) is 0.810. The molecule has 1 aliphatic rings. The minimum absolute atomic E-state index is 0.0622. The van der Waals surface area contributed by atoms with E-state index in [1.165, 1.54) is 24.8 Å². The summed E-state index contributed by atoms with van der Waals surface area (Å²) in [6.45, 7) is 0.824. The molecule has 0 aliphatic heterocycles. The molecule has 2 N–H and O–H groups in total. The number of aliphatic hydroxyl groups excluding tert-OH is 1. The van der Waals surface area contributed by atoms with Gasteiger partial charge in [0, 0.05) is 18.4 Å². The Kier molecular flexibility index (Phi) is 6.24. The SMILES string of the molecule is O=C(CCCc1ccccc1)NCC1(CO)CCCCC1. The highest BCUT2D eigenvalue weighted by Gasteiger charge is 2.31. The Morgan fingerprint density at radius 3 is 2.52 bits per heavy atom. The number of aryl methyl sites for hydroxylation is 1. The highest BCUT2D eigenvalue weighted by atomic mass is 16.3. The van der Waals surface area contributed by atoms with Gasteiger partial charge in [-0.2, -0.15) is 0 Å². The lowest BCUT2D eigenvalue weighted by molar-refractivity contribution is -0.122. The summed E-state index contributed by atoms with van der Waals surface area (Å²) in [5.41, 5.74) is 1.22. The molecule has 1 aromatic rings. The van der Waals surface area contributed by atoms with Crippen molar-refractivity contribution < 1.29 is 9.90 Å². The molecule has 0 atom stereocenters. The monoisotopic (exact) mass is 289 g/mol. The van der Waals surface area contributed by atoms with E-state index < -0.39 is 0 Å². The molecule has 116 valence electrons. The summed E-state index contributed by atoms with van der Waals surface area (Å²) in [5.74, 6) is 0.115. The minimum Gasteiger partial charge on any atom is -0.396 e. The molecule has 0 radical (unpaired) electrons. The van der Waals surface area contributed by atoms with E-state index in [4.69, 9.17) is 0 Å². The molecule has 0 unspecified atom stereocenters. The maximum Gasteiger partial charge on any atom is 0.220 e. The van der Waals surface area contributed by atoms with E-state index in [-0.39, 0.29) is 17.9 Å². The summed E-state index contributed by atoms with van der Waals surface area (Å²) >= 11 is 0. The first-order valence-electron chi connectivity index (χ1n) is 8.16. The third kappa shape index (κ3) is 5.16. The molecule has 1 amide bonds. The predicted molar refractivity (Wildman–Crippen MR) is 85.0 cm³/mol. The van der Waals surface area contributed by atoms with Crippen molar-refractivity contribution >= 4 is 5.91 Å². The van der Waals surface area contributed by atoms with Crippen molar-refractivity contribution in [2.75, 3.05) is 13.2 Å². The first-order valence-corrected chi connectivity index (χ1v) is 8.16. The van der Waals surface area contributed by atoms with Crippen molar-refractivity contribution in [1.82, 2.24) is 5.32 Å². The van der Waals surface area contributed by atoms with Crippen molar-refractivity contribution in [3.63, 3.8) is 0 Å². The molecule has 1 saturated carbocycles. The number of benzene rings is 1. The second-order valence-electron chi connectivity index (χ2n) is 6.33. The normalized spacial score (nSPS) is 17.4. The number of carbonyl (C=O) groups excluding carboxylic acids is 1. The molecule has 3 nitrogen and oxygen atoms in total. The Morgan fingerprint density at radius 2 is 1.86 bits per heavy atom. The minimum atomic E-state index is -0.0622. The van der Waals surface area contributed by atoms with Crippen LogP contribution in [0.3, 0.4) is 0 Å². The Bertz CT molecular complexity index is 424. The number of hydrogen-bond donors (Lipinski definition) is 2. The zero-order chi connectivity index (χ0) is 15.0. The summed E-state index contributed by atoms with van der Waals surface area (Å²) in [6, 6.07) is 10.3. The van der Waals surface area contributed by atoms with Gasteiger partial charge in [-0.15, -0.1) is 0 Å². The fourth-order valence-electron chi connectivity index (χ4n) is 3.16. The predicted octanol–water partition coefficient (Wildman–Crippen LogP) is 3.07. The van der Waals surface area contributed by atoms with Crippen molar-refractivity contribution in [2.45, 2.75) is 51.4 Å². The largest absolute Gasteiger partial charge is 0.396 e. The topological polar surface area (TPSA) is 49.3 Å². The van der Waals surface area contributed by atoms with Gasteiger partial charge < -0.3 is 10.4 Å². The van der Waals surface area contributed by atoms with E-state index in [9.17, 15) is 9.90 Å². The van der Waals surface area contributed by atoms with E-state index in [2.05, 4.69) is 17.4 Å². The molecule has 0 aromatic heterocycles. The Labute approximate surface area is 127 Å². The van der Waals surface area contributed by atoms with E-state index in [0.29, 0.717) is 13.0 Å². The Balaban J connectivity index is 1.67. The van der Waals surface area contributed by atoms with Gasteiger partial charge in [-0.25, -0.2) is 0 Å². The van der Waals surface area contributed by atoms with Crippen LogP contribution >= 0.6 is 0 Å². The van der Waals surface area contributed by atoms with Crippen LogP contribution in [-0.2, 0) is 11.2 Å². The van der Waals surface area contributed by atoms with E-state index >= 15 is 0 Å². The molecular formula is C18H27NO2. The van der Waals surface area contributed by atoms with Gasteiger partial charge in [0.05, 0.1) is 6.61 Å². The van der Waals surface area contributed by atoms with Crippen molar-refractivity contribution in [2.24, 2.45) is 5.41 Å². The van der Waals surface area contributed by atoms with Crippen LogP contribution in [0.1, 0.15) is 50.5 Å². The zero-order valence-corrected chi connectivity index (χ0v) is 12.8. The van der Waals surface area contributed by atoms with Gasteiger partial charge >= 0.3 is 0 Å². The van der Waals surface area contributed by atoms with Crippen LogP contribution in [0.5, 0.6) is 0 Å². The maximum atomic E-state index is 11.9. The number of nitrogens with one attached hydrogen (secondary N) is 1. The van der Waals surface area contributed by atoms with Crippen molar-refractivity contribution in [3.05, 3.63) is 35.9 Å². The molecule has 0 heterocycles. The summed E-state index contributed by atoms with van der Waals surface area (Å²) < 4.78 is 0. The van der Waals surface area contributed by atoms with Gasteiger partial charge in [0.15, 0.2) is 0 Å². The molecule has 0 saturated heterocycles. The summed E-state index contributed by atoms with van der Waals surface area (Å²) in [4.78, 5) is 11.9. The van der Waals surface area contributed by atoms with E-state index in [1.807, 2.05) is 18.2 Å². The van der Waals surface area contributed by atoms with Crippen LogP contribution in [0.25, 0.3) is 0 Å². The van der Waals surface area contributed by atoms with Crippen molar-refractivity contribution in [3.8, 4) is 0 Å². The maximum absolute atomic E-state index is 11.9. The lowest BCUT2D eigenvalue weighted by Crippen LogP contribution is -2.41. The fourth-order valence-corrected chi connectivity index (χ4v) is 3.16. The Morgan fingerprint density at radius 1 is 1.14 bits per heavy atom. The highest BCUT2D eigenvalue weighted by molar-refractivity contribution is 5.75. The van der Waals surface area contributed by atoms with Gasteiger partial charge in [0.1, 0.15) is 0 Å². The van der Waals surface area contributed by atoms with Crippen molar-refractivity contribution in [1.29, 1.82) is 0 Å². The molecule has 2 rings (SSSR count). The van der Waals surface area contributed by atoms with Crippen LogP contribution < -0.4 is 5.32 Å². The second-order valence-corrected chi connectivity index (χ2v) is 6.33. The van der Waals surface area contributed by atoms with Gasteiger partial charge in [-0.05, 0) is 31.2 Å². The zero-order valence-electron chi connectivity index (χ0n) is 12.8. The summed E-state index contributed by atoms with van der Waals surface area (Å²) in [7, 11) is 0. The molecule has 1 aliphatic carbocycles. The lowest BCUT2D eigenvalue weighted by Gasteiger charge is -2.35. The molecule has 3 heteroatoms. The molecule has 1 fully saturated rings. The molecule has 21 heavy (non-hydrogen) atoms. The van der Waals surface area contributed by atoms with Crippen LogP contribution in [0.2, 0.25) is 0 Å². The first-order chi connectivity index (χ1) is 10.2. The fraction of sp³-hybridized carbons (Fsp3) is 0.611. The van der Waals surface area contributed by atoms with Gasteiger partial charge in [-0.1, -0.05) is 49.6 Å². The third-order valence-corrected chi connectivity index (χ3v) is 4.62. The number of amides is 1. The molecular weight excluding hydrogens is 262 g/mol. The third-order valence-electron chi connectivity index (χ3n) is 4.62. The highest BCUT2D eigenvalue weighted by Crippen LogP contribution is 2.35. The molecule has 1 aromatic carbocycles. The number of hydrogen-bond acceptors (Lipinski definition) is 2. The summed E-state index contributed by atoms with van der Waals surface area (Å²) in [5, 5.41) is 12.7. The molecule has 0 bridgehead atoms. The smallest absolute Gasteiger partial charge is 0.220 e. The van der Waals surface area contributed by atoms with Crippen LogP contribution in [0.15, 0.2) is 30.3 Å². The van der Waals surface area contributed by atoms with Gasteiger partial charge in [0.25, 0.3) is 0 Å². The van der Waals surface area contributed by atoms with Gasteiger partial charge in [0.2, 0.25) is 5.91 Å². The van der Waals surface area contributed by atoms with E-state index in [0.717, 1.165) is 25.7 Å².